The predicted octanol–water partition coefficient (Wildman–Crippen LogP) is 5.18. The van der Waals surface area contributed by atoms with Gasteiger partial charge in [0.25, 0.3) is 5.56 Å². The highest BCUT2D eigenvalue weighted by Gasteiger charge is 2.21. The SMILES string of the molecule is CC(C)(C)c1ccc(/C(=C\[C@H]2CCC(=O)N2)c2ccc(Oc3ccccc3)c(=O)[nH]2)cc1. The summed E-state index contributed by atoms with van der Waals surface area (Å²) in [7, 11) is 0. The molecule has 2 aromatic carbocycles. The summed E-state index contributed by atoms with van der Waals surface area (Å²) in [4.78, 5) is 27.5. The molecule has 0 unspecified atom stereocenters. The molecule has 1 atom stereocenters. The van der Waals surface area contributed by atoms with Gasteiger partial charge < -0.3 is 15.0 Å². The lowest BCUT2D eigenvalue weighted by atomic mass is 9.86. The molecule has 0 saturated carbocycles. The van der Waals surface area contributed by atoms with Gasteiger partial charge in [0.1, 0.15) is 5.75 Å². The first-order chi connectivity index (χ1) is 15.3. The van der Waals surface area contributed by atoms with Gasteiger partial charge in [0.05, 0.1) is 0 Å². The van der Waals surface area contributed by atoms with Gasteiger partial charge in [-0.25, -0.2) is 0 Å². The molecule has 2 N–H and O–H groups in total. The Morgan fingerprint density at radius 2 is 1.69 bits per heavy atom. The van der Waals surface area contributed by atoms with Crippen LogP contribution in [0.2, 0.25) is 0 Å². The fraction of sp³-hybridized carbons (Fsp3) is 0.259. The average molecular weight is 429 g/mol. The van der Waals surface area contributed by atoms with Gasteiger partial charge in [0.2, 0.25) is 5.91 Å². The predicted molar refractivity (Wildman–Crippen MR) is 127 cm³/mol. The summed E-state index contributed by atoms with van der Waals surface area (Å²) < 4.78 is 5.73. The molecule has 1 aromatic heterocycles. The third-order valence-corrected chi connectivity index (χ3v) is 5.59. The van der Waals surface area contributed by atoms with Crippen molar-refractivity contribution in [3.05, 3.63) is 100.0 Å². The molecule has 164 valence electrons. The second-order valence-corrected chi connectivity index (χ2v) is 9.10. The molecule has 5 heteroatoms. The number of pyridine rings is 1. The molecule has 5 nitrogen and oxygen atoms in total. The maximum atomic E-state index is 12.8. The van der Waals surface area contributed by atoms with Crippen LogP contribution in [0.15, 0.2) is 77.6 Å². The number of aromatic amines is 1. The molecule has 32 heavy (non-hydrogen) atoms. The van der Waals surface area contributed by atoms with Gasteiger partial charge in [-0.1, -0.05) is 69.3 Å². The van der Waals surface area contributed by atoms with Gasteiger partial charge in [-0.05, 0) is 47.2 Å². The quantitative estimate of drug-likeness (QED) is 0.589. The Bertz CT molecular complexity index is 1190. The van der Waals surface area contributed by atoms with E-state index in [0.717, 1.165) is 17.6 Å². The van der Waals surface area contributed by atoms with E-state index in [1.54, 1.807) is 18.2 Å². The molecule has 0 radical (unpaired) electrons. The van der Waals surface area contributed by atoms with E-state index >= 15 is 0 Å². The Kier molecular flexibility index (Phi) is 5.99. The van der Waals surface area contributed by atoms with Crippen LogP contribution in [0.1, 0.15) is 50.4 Å². The Hall–Kier alpha value is -3.60. The minimum absolute atomic E-state index is 0.0482. The lowest BCUT2D eigenvalue weighted by molar-refractivity contribution is -0.119. The lowest BCUT2D eigenvalue weighted by Crippen LogP contribution is -2.23. The molecular formula is C27H28N2O3. The molecule has 1 fully saturated rings. The number of carbonyl (C=O) groups is 1. The van der Waals surface area contributed by atoms with E-state index in [2.05, 4.69) is 55.3 Å². The maximum absolute atomic E-state index is 12.8. The van der Waals surface area contributed by atoms with E-state index in [9.17, 15) is 9.59 Å². The fourth-order valence-electron chi connectivity index (χ4n) is 3.77. The van der Waals surface area contributed by atoms with E-state index in [1.807, 2.05) is 30.3 Å². The summed E-state index contributed by atoms with van der Waals surface area (Å²) in [6.45, 7) is 6.53. The molecule has 2 heterocycles. The zero-order valence-electron chi connectivity index (χ0n) is 18.6. The van der Waals surface area contributed by atoms with Crippen molar-refractivity contribution in [1.82, 2.24) is 10.3 Å². The standard InChI is InChI=1S/C27H28N2O3/c1-27(2,3)19-11-9-18(10-12-19)22(17-20-13-16-25(30)28-20)23-14-15-24(26(31)29-23)32-21-7-5-4-6-8-21/h4-12,14-15,17,20H,13,16H2,1-3H3,(H,28,30)(H,29,31)/b22-17+/t20-/m1/s1. The average Bonchev–Trinajstić information content (AvgIpc) is 3.18. The van der Waals surface area contributed by atoms with Crippen LogP contribution in [0, 0.1) is 0 Å². The maximum Gasteiger partial charge on any atom is 0.291 e. The van der Waals surface area contributed by atoms with Crippen LogP contribution in [0.25, 0.3) is 5.57 Å². The van der Waals surface area contributed by atoms with Crippen LogP contribution < -0.4 is 15.6 Å². The molecule has 4 rings (SSSR count). The molecule has 0 aliphatic carbocycles. The largest absolute Gasteiger partial charge is 0.452 e. The molecule has 1 aliphatic heterocycles. The van der Waals surface area contributed by atoms with E-state index in [0.29, 0.717) is 17.9 Å². The number of benzene rings is 2. The number of amides is 1. The van der Waals surface area contributed by atoms with Crippen molar-refractivity contribution in [2.75, 3.05) is 0 Å². The first kappa shape index (κ1) is 21.6. The fourth-order valence-corrected chi connectivity index (χ4v) is 3.77. The minimum atomic E-state index is -0.306. The van der Waals surface area contributed by atoms with Crippen molar-refractivity contribution in [3.8, 4) is 11.5 Å². The van der Waals surface area contributed by atoms with Crippen LogP contribution in [0.4, 0.5) is 0 Å². The third-order valence-electron chi connectivity index (χ3n) is 5.59. The summed E-state index contributed by atoms with van der Waals surface area (Å²) in [5.41, 5.74) is 3.51. The Morgan fingerprint density at radius 3 is 2.28 bits per heavy atom. The minimum Gasteiger partial charge on any atom is -0.452 e. The van der Waals surface area contributed by atoms with Crippen molar-refractivity contribution < 1.29 is 9.53 Å². The zero-order chi connectivity index (χ0) is 22.7. The Balaban J connectivity index is 1.70. The molecule has 1 saturated heterocycles. The van der Waals surface area contributed by atoms with Gasteiger partial charge in [-0.15, -0.1) is 0 Å². The number of nitrogens with one attached hydrogen (secondary N) is 2. The number of rotatable bonds is 5. The van der Waals surface area contributed by atoms with Crippen LogP contribution in [0.5, 0.6) is 11.5 Å². The monoisotopic (exact) mass is 428 g/mol. The van der Waals surface area contributed by atoms with Crippen molar-refractivity contribution in [3.63, 3.8) is 0 Å². The number of hydrogen-bond donors (Lipinski definition) is 2. The first-order valence-corrected chi connectivity index (χ1v) is 10.9. The summed E-state index contributed by atoms with van der Waals surface area (Å²) in [6.07, 6.45) is 3.28. The van der Waals surface area contributed by atoms with Crippen molar-refractivity contribution in [1.29, 1.82) is 0 Å². The lowest BCUT2D eigenvalue weighted by Gasteiger charge is -2.20. The van der Waals surface area contributed by atoms with E-state index in [4.69, 9.17) is 4.74 Å². The van der Waals surface area contributed by atoms with Gasteiger partial charge in [-0.2, -0.15) is 0 Å². The topological polar surface area (TPSA) is 71.2 Å². The number of ether oxygens (including phenoxy) is 1. The molecule has 0 spiro atoms. The number of para-hydroxylation sites is 1. The van der Waals surface area contributed by atoms with Crippen molar-refractivity contribution in [2.24, 2.45) is 0 Å². The van der Waals surface area contributed by atoms with Crippen LogP contribution >= 0.6 is 0 Å². The second kappa shape index (κ2) is 8.87. The highest BCUT2D eigenvalue weighted by atomic mass is 16.5. The highest BCUT2D eigenvalue weighted by molar-refractivity contribution is 5.82. The van der Waals surface area contributed by atoms with Gasteiger partial charge in [0.15, 0.2) is 5.75 Å². The molecule has 1 amide bonds. The first-order valence-electron chi connectivity index (χ1n) is 10.9. The van der Waals surface area contributed by atoms with Crippen LogP contribution in [-0.4, -0.2) is 16.9 Å². The summed E-state index contributed by atoms with van der Waals surface area (Å²) >= 11 is 0. The summed E-state index contributed by atoms with van der Waals surface area (Å²) in [6, 6.07) is 21.0. The second-order valence-electron chi connectivity index (χ2n) is 9.10. The number of carbonyl (C=O) groups excluding carboxylic acids is 1. The number of H-pyrrole nitrogens is 1. The molecule has 3 aromatic rings. The van der Waals surface area contributed by atoms with Crippen LogP contribution in [0.3, 0.4) is 0 Å². The number of aromatic nitrogens is 1. The Labute approximate surface area is 188 Å². The zero-order valence-corrected chi connectivity index (χ0v) is 18.6. The van der Waals surface area contributed by atoms with E-state index < -0.39 is 0 Å². The summed E-state index contributed by atoms with van der Waals surface area (Å²) in [5.74, 6) is 0.887. The summed E-state index contributed by atoms with van der Waals surface area (Å²) in [5, 5.41) is 2.99. The van der Waals surface area contributed by atoms with Gasteiger partial charge >= 0.3 is 0 Å². The van der Waals surface area contributed by atoms with E-state index in [1.165, 1.54) is 5.56 Å². The van der Waals surface area contributed by atoms with Crippen LogP contribution in [-0.2, 0) is 10.2 Å². The molecule has 0 bridgehead atoms. The number of hydrogen-bond acceptors (Lipinski definition) is 3. The van der Waals surface area contributed by atoms with Crippen molar-refractivity contribution >= 4 is 11.5 Å². The van der Waals surface area contributed by atoms with Crippen molar-refractivity contribution in [2.45, 2.75) is 45.1 Å². The normalized spacial score (nSPS) is 16.7. The molecule has 1 aliphatic rings. The third kappa shape index (κ3) is 4.99. The highest BCUT2D eigenvalue weighted by Crippen LogP contribution is 2.28. The Morgan fingerprint density at radius 1 is 0.969 bits per heavy atom. The van der Waals surface area contributed by atoms with E-state index in [-0.39, 0.29) is 28.7 Å². The van der Waals surface area contributed by atoms with Gasteiger partial charge in [-0.3, -0.25) is 9.59 Å². The molecular weight excluding hydrogens is 400 g/mol. The smallest absolute Gasteiger partial charge is 0.291 e. The van der Waals surface area contributed by atoms with Gasteiger partial charge in [0, 0.05) is 23.7 Å².